The number of carbonyl (C=O) groups excluding carboxylic acids is 1. The average molecular weight is 268 g/mol. The van der Waals surface area contributed by atoms with Gasteiger partial charge in [0, 0.05) is 30.9 Å². The van der Waals surface area contributed by atoms with Gasteiger partial charge in [0.1, 0.15) is 0 Å². The smallest absolute Gasteiger partial charge is 0.252 e. The van der Waals surface area contributed by atoms with Crippen molar-refractivity contribution < 1.29 is 4.79 Å². The molecule has 2 aromatic rings. The molecule has 0 aliphatic carbocycles. The van der Waals surface area contributed by atoms with E-state index >= 15 is 0 Å². The summed E-state index contributed by atoms with van der Waals surface area (Å²) in [4.78, 5) is 12.2. The first kappa shape index (κ1) is 13.8. The van der Waals surface area contributed by atoms with Gasteiger partial charge in [-0.3, -0.25) is 9.48 Å². The second kappa shape index (κ2) is 6.55. The molecule has 0 aliphatic heterocycles. The molecule has 0 bridgehead atoms. The third kappa shape index (κ3) is 3.46. The van der Waals surface area contributed by atoms with Crippen LogP contribution in [0.25, 0.3) is 0 Å². The van der Waals surface area contributed by atoms with E-state index in [1.807, 2.05) is 31.4 Å². The standard InChI is InChI=1S/C15H16N4O/c1-19-11-12(10-18-19)9-17-15(20)14-7-3-2-5-13(14)6-4-8-16/h2-3,5,7,10-11H,8-9,16H2,1H3,(H,17,20). The van der Waals surface area contributed by atoms with Gasteiger partial charge in [-0.15, -0.1) is 0 Å². The van der Waals surface area contributed by atoms with Gasteiger partial charge in [-0.2, -0.15) is 5.10 Å². The number of carbonyl (C=O) groups is 1. The van der Waals surface area contributed by atoms with Gasteiger partial charge in [-0.25, -0.2) is 0 Å². The Hall–Kier alpha value is -2.58. The van der Waals surface area contributed by atoms with E-state index in [0.717, 1.165) is 5.56 Å². The van der Waals surface area contributed by atoms with Crippen molar-refractivity contribution in [3.63, 3.8) is 0 Å². The van der Waals surface area contributed by atoms with E-state index in [9.17, 15) is 4.79 Å². The van der Waals surface area contributed by atoms with Crippen molar-refractivity contribution in [3.8, 4) is 11.8 Å². The zero-order valence-corrected chi connectivity index (χ0v) is 11.3. The summed E-state index contributed by atoms with van der Waals surface area (Å²) < 4.78 is 1.70. The molecule has 0 atom stereocenters. The highest BCUT2D eigenvalue weighted by Gasteiger charge is 2.09. The molecule has 1 aromatic heterocycles. The van der Waals surface area contributed by atoms with Crippen molar-refractivity contribution >= 4 is 5.91 Å². The quantitative estimate of drug-likeness (QED) is 0.803. The lowest BCUT2D eigenvalue weighted by Crippen LogP contribution is -2.23. The average Bonchev–Trinajstić information content (AvgIpc) is 2.88. The Morgan fingerprint density at radius 3 is 2.95 bits per heavy atom. The number of aromatic nitrogens is 2. The first-order chi connectivity index (χ1) is 9.70. The van der Waals surface area contributed by atoms with Crippen LogP contribution in [0.2, 0.25) is 0 Å². The maximum atomic E-state index is 12.2. The van der Waals surface area contributed by atoms with Crippen LogP contribution in [0, 0.1) is 11.8 Å². The van der Waals surface area contributed by atoms with E-state index in [1.54, 1.807) is 16.9 Å². The molecule has 2 rings (SSSR count). The molecule has 0 spiro atoms. The molecule has 5 heteroatoms. The fourth-order valence-electron chi connectivity index (χ4n) is 1.78. The summed E-state index contributed by atoms with van der Waals surface area (Å²) in [6, 6.07) is 7.21. The second-order valence-corrected chi connectivity index (χ2v) is 4.26. The normalized spacial score (nSPS) is 9.70. The first-order valence-electron chi connectivity index (χ1n) is 6.24. The largest absolute Gasteiger partial charge is 0.348 e. The lowest BCUT2D eigenvalue weighted by Gasteiger charge is -2.05. The van der Waals surface area contributed by atoms with Gasteiger partial charge in [-0.1, -0.05) is 24.0 Å². The molecule has 5 nitrogen and oxygen atoms in total. The van der Waals surface area contributed by atoms with Crippen molar-refractivity contribution in [1.82, 2.24) is 15.1 Å². The molecule has 0 radical (unpaired) electrons. The number of nitrogens with zero attached hydrogens (tertiary/aromatic N) is 2. The Balaban J connectivity index is 2.09. The van der Waals surface area contributed by atoms with Crippen LogP contribution in [-0.2, 0) is 13.6 Å². The fourth-order valence-corrected chi connectivity index (χ4v) is 1.78. The van der Waals surface area contributed by atoms with E-state index in [2.05, 4.69) is 22.3 Å². The van der Waals surface area contributed by atoms with Crippen molar-refractivity contribution in [2.45, 2.75) is 6.54 Å². The molecule has 1 aromatic carbocycles. The molecule has 20 heavy (non-hydrogen) atoms. The van der Waals surface area contributed by atoms with Crippen LogP contribution in [0.5, 0.6) is 0 Å². The lowest BCUT2D eigenvalue weighted by molar-refractivity contribution is 0.0950. The highest BCUT2D eigenvalue weighted by atomic mass is 16.1. The highest BCUT2D eigenvalue weighted by molar-refractivity contribution is 5.96. The van der Waals surface area contributed by atoms with Gasteiger partial charge in [0.2, 0.25) is 0 Å². The van der Waals surface area contributed by atoms with Crippen molar-refractivity contribution in [2.75, 3.05) is 6.54 Å². The van der Waals surface area contributed by atoms with Gasteiger partial charge >= 0.3 is 0 Å². The predicted molar refractivity (Wildman–Crippen MR) is 76.8 cm³/mol. The number of hydrogen-bond donors (Lipinski definition) is 2. The van der Waals surface area contributed by atoms with E-state index in [1.165, 1.54) is 0 Å². The third-order valence-corrected chi connectivity index (χ3v) is 2.71. The van der Waals surface area contributed by atoms with Crippen LogP contribution >= 0.6 is 0 Å². The van der Waals surface area contributed by atoms with Crippen LogP contribution in [-0.4, -0.2) is 22.2 Å². The number of nitrogens with one attached hydrogen (secondary N) is 1. The summed E-state index contributed by atoms with van der Waals surface area (Å²) >= 11 is 0. The molecule has 0 fully saturated rings. The molecule has 1 heterocycles. The molecular weight excluding hydrogens is 252 g/mol. The summed E-state index contributed by atoms with van der Waals surface area (Å²) in [6.45, 7) is 0.705. The molecule has 3 N–H and O–H groups in total. The number of aryl methyl sites for hydroxylation is 1. The minimum atomic E-state index is -0.157. The SMILES string of the molecule is Cn1cc(CNC(=O)c2ccccc2C#CCN)cn1. The van der Waals surface area contributed by atoms with Crippen molar-refractivity contribution in [1.29, 1.82) is 0 Å². The van der Waals surface area contributed by atoms with Crippen molar-refractivity contribution in [3.05, 3.63) is 53.3 Å². The fraction of sp³-hybridized carbons (Fsp3) is 0.200. The zero-order chi connectivity index (χ0) is 14.4. The summed E-state index contributed by atoms with van der Waals surface area (Å²) in [5.41, 5.74) is 7.54. The first-order valence-corrected chi connectivity index (χ1v) is 6.24. The third-order valence-electron chi connectivity index (χ3n) is 2.71. The lowest BCUT2D eigenvalue weighted by atomic mass is 10.1. The minimum absolute atomic E-state index is 0.157. The molecule has 0 saturated carbocycles. The van der Waals surface area contributed by atoms with Gasteiger partial charge in [0.15, 0.2) is 0 Å². The topological polar surface area (TPSA) is 72.9 Å². The summed E-state index contributed by atoms with van der Waals surface area (Å²) in [5.74, 6) is 5.51. The van der Waals surface area contributed by atoms with Gasteiger partial charge in [0.05, 0.1) is 18.3 Å². The Morgan fingerprint density at radius 1 is 1.45 bits per heavy atom. The van der Waals surface area contributed by atoms with Gasteiger partial charge < -0.3 is 11.1 Å². The maximum Gasteiger partial charge on any atom is 0.252 e. The van der Waals surface area contributed by atoms with E-state index < -0.39 is 0 Å². The second-order valence-electron chi connectivity index (χ2n) is 4.26. The van der Waals surface area contributed by atoms with E-state index in [0.29, 0.717) is 17.7 Å². The number of amides is 1. The number of hydrogen-bond acceptors (Lipinski definition) is 3. The van der Waals surface area contributed by atoms with Crippen LogP contribution < -0.4 is 11.1 Å². The van der Waals surface area contributed by atoms with Crippen molar-refractivity contribution in [2.24, 2.45) is 12.8 Å². The molecule has 0 unspecified atom stereocenters. The maximum absolute atomic E-state index is 12.2. The molecular formula is C15H16N4O. The summed E-state index contributed by atoms with van der Waals surface area (Å²) in [7, 11) is 1.84. The number of nitrogens with two attached hydrogens (primary N) is 1. The Labute approximate surface area is 117 Å². The van der Waals surface area contributed by atoms with Crippen LogP contribution in [0.4, 0.5) is 0 Å². The molecule has 102 valence electrons. The Kier molecular flexibility index (Phi) is 4.53. The zero-order valence-electron chi connectivity index (χ0n) is 11.3. The van der Waals surface area contributed by atoms with Crippen LogP contribution in [0.1, 0.15) is 21.5 Å². The number of benzene rings is 1. The van der Waals surface area contributed by atoms with Gasteiger partial charge in [-0.05, 0) is 12.1 Å². The summed E-state index contributed by atoms with van der Waals surface area (Å²) in [6.07, 6.45) is 3.58. The highest BCUT2D eigenvalue weighted by Crippen LogP contribution is 2.07. The number of rotatable bonds is 3. The monoisotopic (exact) mass is 268 g/mol. The molecule has 0 aliphatic rings. The van der Waals surface area contributed by atoms with Gasteiger partial charge in [0.25, 0.3) is 5.91 Å². The van der Waals surface area contributed by atoms with E-state index in [4.69, 9.17) is 5.73 Å². The Morgan fingerprint density at radius 2 is 2.25 bits per heavy atom. The predicted octanol–water partition coefficient (Wildman–Crippen LogP) is 0.660. The Bertz CT molecular complexity index is 664. The summed E-state index contributed by atoms with van der Waals surface area (Å²) in [5, 5.41) is 6.91. The minimum Gasteiger partial charge on any atom is -0.348 e. The van der Waals surface area contributed by atoms with Crippen LogP contribution in [0.3, 0.4) is 0 Å². The molecule has 1 amide bonds. The van der Waals surface area contributed by atoms with Crippen LogP contribution in [0.15, 0.2) is 36.7 Å². The molecule has 0 saturated heterocycles. The van der Waals surface area contributed by atoms with E-state index in [-0.39, 0.29) is 12.5 Å².